The second kappa shape index (κ2) is 10.8. The number of ether oxygens (including phenoxy) is 1. The molecule has 1 saturated carbocycles. The minimum atomic E-state index is -0.443. The molecule has 0 heterocycles. The summed E-state index contributed by atoms with van der Waals surface area (Å²) >= 11 is 1.61. The van der Waals surface area contributed by atoms with E-state index in [2.05, 4.69) is 22.8 Å². The third-order valence-electron chi connectivity index (χ3n) is 4.63. The van der Waals surface area contributed by atoms with E-state index in [-0.39, 0.29) is 18.1 Å². The van der Waals surface area contributed by atoms with Crippen LogP contribution in [0.4, 0.5) is 10.5 Å². The summed E-state index contributed by atoms with van der Waals surface area (Å²) in [6.07, 6.45) is 2.75. The Hall–Kier alpha value is -2.47. The van der Waals surface area contributed by atoms with Crippen LogP contribution in [-0.2, 0) is 15.3 Å². The summed E-state index contributed by atoms with van der Waals surface area (Å²) < 4.78 is 5.54. The number of amides is 2. The zero-order chi connectivity index (χ0) is 19.6. The zero-order valence-corrected chi connectivity index (χ0v) is 16.6. The zero-order valence-electron chi connectivity index (χ0n) is 15.8. The third-order valence-corrected chi connectivity index (χ3v) is 5.63. The molecule has 148 valence electrons. The Morgan fingerprint density at radius 3 is 2.46 bits per heavy atom. The Bertz CT molecular complexity index is 755. The number of benzene rings is 2. The number of hydrogen-bond donors (Lipinski definition) is 2. The number of carbonyl (C=O) groups is 2. The molecule has 0 radical (unpaired) electrons. The average Bonchev–Trinajstić information content (AvgIpc) is 2.70. The highest BCUT2D eigenvalue weighted by molar-refractivity contribution is 7.99. The number of hydrogen-bond acceptors (Lipinski definition) is 4. The second-order valence-corrected chi connectivity index (χ2v) is 7.91. The Balaban J connectivity index is 1.37. The van der Waals surface area contributed by atoms with Crippen LogP contribution in [0.2, 0.25) is 0 Å². The van der Waals surface area contributed by atoms with Crippen molar-refractivity contribution in [1.29, 1.82) is 0 Å². The molecule has 0 bridgehead atoms. The highest BCUT2D eigenvalue weighted by Gasteiger charge is 2.26. The van der Waals surface area contributed by atoms with Gasteiger partial charge in [0, 0.05) is 23.9 Å². The van der Waals surface area contributed by atoms with Gasteiger partial charge in [0.1, 0.15) is 6.10 Å². The number of carbonyl (C=O) groups excluding carboxylic acids is 2. The topological polar surface area (TPSA) is 67.4 Å². The SMILES string of the molecule is O=C(CSCc1ccccc1)NC1CCCC(OC(=O)Nc2ccccc2)C1. The van der Waals surface area contributed by atoms with Crippen LogP contribution in [0.25, 0.3) is 0 Å². The van der Waals surface area contributed by atoms with E-state index in [0.717, 1.165) is 25.0 Å². The number of rotatable bonds is 7. The van der Waals surface area contributed by atoms with Gasteiger partial charge in [-0.2, -0.15) is 0 Å². The van der Waals surface area contributed by atoms with E-state index in [0.29, 0.717) is 17.9 Å². The van der Waals surface area contributed by atoms with Crippen LogP contribution in [0.1, 0.15) is 31.2 Å². The molecule has 2 N–H and O–H groups in total. The van der Waals surface area contributed by atoms with Crippen LogP contribution in [0, 0.1) is 0 Å². The molecule has 3 rings (SSSR count). The van der Waals surface area contributed by atoms with E-state index in [4.69, 9.17) is 4.74 Å². The van der Waals surface area contributed by atoms with Gasteiger partial charge in [0.2, 0.25) is 5.91 Å². The Kier molecular flexibility index (Phi) is 7.79. The highest BCUT2D eigenvalue weighted by Crippen LogP contribution is 2.22. The first kappa shape index (κ1) is 20.3. The van der Waals surface area contributed by atoms with Crippen molar-refractivity contribution in [1.82, 2.24) is 5.32 Å². The first-order valence-electron chi connectivity index (χ1n) is 9.63. The Morgan fingerprint density at radius 1 is 1.00 bits per heavy atom. The van der Waals surface area contributed by atoms with Gasteiger partial charge in [-0.1, -0.05) is 48.5 Å². The molecule has 1 aliphatic carbocycles. The van der Waals surface area contributed by atoms with Crippen LogP contribution in [0.15, 0.2) is 60.7 Å². The smallest absolute Gasteiger partial charge is 0.411 e. The van der Waals surface area contributed by atoms with E-state index < -0.39 is 6.09 Å². The van der Waals surface area contributed by atoms with Crippen molar-refractivity contribution < 1.29 is 14.3 Å². The van der Waals surface area contributed by atoms with E-state index in [1.165, 1.54) is 5.56 Å². The van der Waals surface area contributed by atoms with Crippen molar-refractivity contribution in [3.8, 4) is 0 Å². The molecule has 2 atom stereocenters. The number of para-hydroxylation sites is 1. The lowest BCUT2D eigenvalue weighted by atomic mass is 9.93. The lowest BCUT2D eigenvalue weighted by molar-refractivity contribution is -0.119. The lowest BCUT2D eigenvalue weighted by Gasteiger charge is -2.29. The van der Waals surface area contributed by atoms with E-state index in [9.17, 15) is 9.59 Å². The van der Waals surface area contributed by atoms with Gasteiger partial charge in [-0.25, -0.2) is 4.79 Å². The van der Waals surface area contributed by atoms with Crippen molar-refractivity contribution in [2.75, 3.05) is 11.1 Å². The molecule has 0 aliphatic heterocycles. The first-order chi connectivity index (χ1) is 13.7. The molecule has 1 aliphatic rings. The van der Waals surface area contributed by atoms with Gasteiger partial charge in [-0.05, 0) is 37.0 Å². The predicted molar refractivity (Wildman–Crippen MR) is 113 cm³/mol. The monoisotopic (exact) mass is 398 g/mol. The van der Waals surface area contributed by atoms with E-state index >= 15 is 0 Å². The molecule has 1 fully saturated rings. The maximum Gasteiger partial charge on any atom is 0.411 e. The van der Waals surface area contributed by atoms with Crippen LogP contribution < -0.4 is 10.6 Å². The summed E-state index contributed by atoms with van der Waals surface area (Å²) in [5, 5.41) is 5.82. The van der Waals surface area contributed by atoms with Gasteiger partial charge in [-0.15, -0.1) is 11.8 Å². The summed E-state index contributed by atoms with van der Waals surface area (Å²) in [5.41, 5.74) is 1.93. The van der Waals surface area contributed by atoms with Crippen molar-refractivity contribution in [2.24, 2.45) is 0 Å². The minimum Gasteiger partial charge on any atom is -0.446 e. The fourth-order valence-electron chi connectivity index (χ4n) is 3.31. The van der Waals surface area contributed by atoms with Gasteiger partial charge in [0.25, 0.3) is 0 Å². The molecule has 0 aromatic heterocycles. The largest absolute Gasteiger partial charge is 0.446 e. The lowest BCUT2D eigenvalue weighted by Crippen LogP contribution is -2.42. The molecule has 0 spiro atoms. The molecule has 28 heavy (non-hydrogen) atoms. The fourth-order valence-corrected chi connectivity index (χ4v) is 4.11. The molecule has 2 unspecified atom stereocenters. The fraction of sp³-hybridized carbons (Fsp3) is 0.364. The Morgan fingerprint density at radius 2 is 1.71 bits per heavy atom. The van der Waals surface area contributed by atoms with Crippen molar-refractivity contribution in [2.45, 2.75) is 43.6 Å². The summed E-state index contributed by atoms with van der Waals surface area (Å²) in [5.74, 6) is 1.30. The standard InChI is InChI=1S/C22H26N2O3S/c25-21(16-28-15-17-8-3-1-4-9-17)23-19-12-7-13-20(14-19)27-22(26)24-18-10-5-2-6-11-18/h1-6,8-11,19-20H,7,12-16H2,(H,23,25)(H,24,26). The molecule has 5 nitrogen and oxygen atoms in total. The van der Waals surface area contributed by atoms with Gasteiger partial charge in [-0.3, -0.25) is 10.1 Å². The number of anilines is 1. The second-order valence-electron chi connectivity index (χ2n) is 6.93. The Labute approximate surface area is 170 Å². The van der Waals surface area contributed by atoms with Gasteiger partial charge < -0.3 is 10.1 Å². The van der Waals surface area contributed by atoms with Crippen molar-refractivity contribution in [3.05, 3.63) is 66.2 Å². The van der Waals surface area contributed by atoms with Gasteiger partial charge in [0.15, 0.2) is 0 Å². The van der Waals surface area contributed by atoms with Crippen molar-refractivity contribution in [3.63, 3.8) is 0 Å². The molecule has 2 aromatic carbocycles. The van der Waals surface area contributed by atoms with Crippen LogP contribution in [-0.4, -0.2) is 29.9 Å². The first-order valence-corrected chi connectivity index (χ1v) is 10.8. The summed E-state index contributed by atoms with van der Waals surface area (Å²) in [4.78, 5) is 24.3. The maximum atomic E-state index is 12.2. The molecule has 6 heteroatoms. The minimum absolute atomic E-state index is 0.0420. The summed E-state index contributed by atoms with van der Waals surface area (Å²) in [6.45, 7) is 0. The predicted octanol–water partition coefficient (Wildman–Crippen LogP) is 4.60. The normalized spacial score (nSPS) is 18.9. The summed E-state index contributed by atoms with van der Waals surface area (Å²) in [6, 6.07) is 19.4. The molecule has 2 amide bonds. The highest BCUT2D eigenvalue weighted by atomic mass is 32.2. The quantitative estimate of drug-likeness (QED) is 0.715. The maximum absolute atomic E-state index is 12.2. The number of thioether (sulfide) groups is 1. The van der Waals surface area contributed by atoms with E-state index in [1.807, 2.05) is 48.5 Å². The van der Waals surface area contributed by atoms with Crippen LogP contribution in [0.5, 0.6) is 0 Å². The molecule has 0 saturated heterocycles. The van der Waals surface area contributed by atoms with Crippen LogP contribution in [0.3, 0.4) is 0 Å². The van der Waals surface area contributed by atoms with E-state index in [1.54, 1.807) is 11.8 Å². The molecular weight excluding hydrogens is 372 g/mol. The van der Waals surface area contributed by atoms with Crippen molar-refractivity contribution >= 4 is 29.4 Å². The average molecular weight is 399 g/mol. The van der Waals surface area contributed by atoms with Gasteiger partial charge in [0.05, 0.1) is 5.75 Å². The van der Waals surface area contributed by atoms with Gasteiger partial charge >= 0.3 is 6.09 Å². The molecule has 2 aromatic rings. The molecular formula is C22H26N2O3S. The number of nitrogens with one attached hydrogen (secondary N) is 2. The third kappa shape index (κ3) is 6.93. The summed E-state index contributed by atoms with van der Waals surface area (Å²) in [7, 11) is 0. The van der Waals surface area contributed by atoms with Crippen LogP contribution >= 0.6 is 11.8 Å².